The molecule has 0 saturated carbocycles. The van der Waals surface area contributed by atoms with E-state index in [9.17, 15) is 0 Å². The van der Waals surface area contributed by atoms with Gasteiger partial charge in [-0.1, -0.05) is 0 Å². The quantitative estimate of drug-likeness (QED) is 0.663. The molecule has 1 heterocycles. The summed E-state index contributed by atoms with van der Waals surface area (Å²) in [6.07, 6.45) is 0. The highest BCUT2D eigenvalue weighted by atomic mass is 15.5. The van der Waals surface area contributed by atoms with Gasteiger partial charge in [-0.25, -0.2) is 0 Å². The van der Waals surface area contributed by atoms with Crippen molar-refractivity contribution in [1.82, 2.24) is 15.4 Å². The van der Waals surface area contributed by atoms with Crippen LogP contribution < -0.4 is 5.43 Å². The third-order valence-electron chi connectivity index (χ3n) is 1.84. The molecule has 0 unspecified atom stereocenters. The van der Waals surface area contributed by atoms with Crippen molar-refractivity contribution in [1.29, 1.82) is 0 Å². The Kier molecular flexibility index (Phi) is 2.89. The third-order valence-corrected chi connectivity index (χ3v) is 1.84. The van der Waals surface area contributed by atoms with Gasteiger partial charge < -0.3 is 4.98 Å². The predicted molar refractivity (Wildman–Crippen MR) is 50.8 cm³/mol. The van der Waals surface area contributed by atoms with Crippen LogP contribution in [0.2, 0.25) is 0 Å². The molecule has 1 aromatic rings. The van der Waals surface area contributed by atoms with E-state index in [1.54, 1.807) is 0 Å². The average molecular weight is 167 g/mol. The maximum atomic E-state index is 3.27. The summed E-state index contributed by atoms with van der Waals surface area (Å²) in [6, 6.07) is 2.17. The monoisotopic (exact) mass is 167 g/mol. The molecule has 2 N–H and O–H groups in total. The van der Waals surface area contributed by atoms with Crippen LogP contribution in [0, 0.1) is 13.8 Å². The van der Waals surface area contributed by atoms with E-state index in [2.05, 4.69) is 30.3 Å². The SMILES string of the molecule is Cc1cc(CNN(C)C)c(C)[nH]1. The second-order valence-electron chi connectivity index (χ2n) is 3.33. The van der Waals surface area contributed by atoms with E-state index in [4.69, 9.17) is 0 Å². The lowest BCUT2D eigenvalue weighted by Crippen LogP contribution is -2.29. The molecule has 0 aliphatic rings. The molecule has 0 fully saturated rings. The number of nitrogens with one attached hydrogen (secondary N) is 2. The lowest BCUT2D eigenvalue weighted by atomic mass is 10.2. The van der Waals surface area contributed by atoms with Crippen LogP contribution >= 0.6 is 0 Å². The molecule has 0 spiro atoms. The normalized spacial score (nSPS) is 11.1. The van der Waals surface area contributed by atoms with Crippen molar-refractivity contribution in [3.05, 3.63) is 23.0 Å². The number of nitrogens with zero attached hydrogens (tertiary/aromatic N) is 1. The van der Waals surface area contributed by atoms with Gasteiger partial charge in [0.05, 0.1) is 0 Å². The summed E-state index contributed by atoms with van der Waals surface area (Å²) in [5.41, 5.74) is 7.04. The van der Waals surface area contributed by atoms with E-state index in [0.717, 1.165) is 6.54 Å². The largest absolute Gasteiger partial charge is 0.362 e. The van der Waals surface area contributed by atoms with Crippen LogP contribution in [-0.4, -0.2) is 24.1 Å². The van der Waals surface area contributed by atoms with E-state index in [1.807, 2.05) is 19.1 Å². The van der Waals surface area contributed by atoms with Crippen molar-refractivity contribution >= 4 is 0 Å². The van der Waals surface area contributed by atoms with Crippen molar-refractivity contribution in [3.8, 4) is 0 Å². The molecule has 12 heavy (non-hydrogen) atoms. The molecule has 1 aromatic heterocycles. The zero-order chi connectivity index (χ0) is 9.14. The van der Waals surface area contributed by atoms with E-state index in [1.165, 1.54) is 17.0 Å². The zero-order valence-corrected chi connectivity index (χ0v) is 8.23. The van der Waals surface area contributed by atoms with Gasteiger partial charge in [0.15, 0.2) is 0 Å². The van der Waals surface area contributed by atoms with E-state index in [0.29, 0.717) is 0 Å². The molecule has 0 saturated heterocycles. The number of H-pyrrole nitrogens is 1. The number of aromatic nitrogens is 1. The van der Waals surface area contributed by atoms with Gasteiger partial charge in [0.1, 0.15) is 0 Å². The molecule has 0 amide bonds. The highest BCUT2D eigenvalue weighted by Gasteiger charge is 2.00. The third kappa shape index (κ3) is 2.36. The van der Waals surface area contributed by atoms with Crippen LogP contribution in [0.4, 0.5) is 0 Å². The standard InChI is InChI=1S/C9H17N3/c1-7-5-9(8(2)11-7)6-10-12(3)4/h5,10-11H,6H2,1-4H3. The number of hydrogen-bond acceptors (Lipinski definition) is 2. The van der Waals surface area contributed by atoms with Crippen molar-refractivity contribution in [3.63, 3.8) is 0 Å². The van der Waals surface area contributed by atoms with E-state index in [-0.39, 0.29) is 0 Å². The smallest absolute Gasteiger partial charge is 0.0371 e. The van der Waals surface area contributed by atoms with Gasteiger partial charge >= 0.3 is 0 Å². The Morgan fingerprint density at radius 2 is 2.08 bits per heavy atom. The number of aromatic amines is 1. The molecule has 1 rings (SSSR count). The molecule has 0 aliphatic carbocycles. The second kappa shape index (κ2) is 3.74. The Hall–Kier alpha value is -0.800. The van der Waals surface area contributed by atoms with Crippen molar-refractivity contribution in [2.75, 3.05) is 14.1 Å². The summed E-state index contributed by atoms with van der Waals surface area (Å²) in [5.74, 6) is 0. The fourth-order valence-electron chi connectivity index (χ4n) is 1.21. The van der Waals surface area contributed by atoms with Crippen LogP contribution in [-0.2, 0) is 6.54 Å². The molecule has 0 aliphatic heterocycles. The van der Waals surface area contributed by atoms with Crippen molar-refractivity contribution in [2.45, 2.75) is 20.4 Å². The molecular weight excluding hydrogens is 150 g/mol. The van der Waals surface area contributed by atoms with Gasteiger partial charge in [-0.2, -0.15) is 0 Å². The number of aryl methyl sites for hydroxylation is 2. The first-order valence-electron chi connectivity index (χ1n) is 4.15. The Morgan fingerprint density at radius 1 is 1.42 bits per heavy atom. The topological polar surface area (TPSA) is 31.1 Å². The first kappa shape index (κ1) is 9.29. The average Bonchev–Trinajstić information content (AvgIpc) is 2.26. The van der Waals surface area contributed by atoms with Crippen LogP contribution in [0.3, 0.4) is 0 Å². The fraction of sp³-hybridized carbons (Fsp3) is 0.556. The van der Waals surface area contributed by atoms with Gasteiger partial charge in [0, 0.05) is 32.0 Å². The minimum atomic E-state index is 0.892. The summed E-state index contributed by atoms with van der Waals surface area (Å²) in [4.78, 5) is 3.27. The maximum absolute atomic E-state index is 3.27. The number of rotatable bonds is 3. The highest BCUT2D eigenvalue weighted by Crippen LogP contribution is 2.08. The summed E-state index contributed by atoms with van der Waals surface area (Å²) < 4.78 is 0. The summed E-state index contributed by atoms with van der Waals surface area (Å²) in [5, 5.41) is 1.96. The zero-order valence-electron chi connectivity index (χ0n) is 8.23. The highest BCUT2D eigenvalue weighted by molar-refractivity contribution is 5.23. The van der Waals surface area contributed by atoms with Crippen LogP contribution in [0.5, 0.6) is 0 Å². The van der Waals surface area contributed by atoms with Gasteiger partial charge in [0.25, 0.3) is 0 Å². The summed E-state index contributed by atoms with van der Waals surface area (Å²) in [7, 11) is 3.99. The Labute approximate surface area is 73.7 Å². The minimum Gasteiger partial charge on any atom is -0.362 e. The number of hydrazine groups is 1. The number of hydrogen-bond donors (Lipinski definition) is 2. The molecule has 0 bridgehead atoms. The second-order valence-corrected chi connectivity index (χ2v) is 3.33. The first-order chi connectivity index (χ1) is 5.59. The van der Waals surface area contributed by atoms with Gasteiger partial charge in [-0.3, -0.25) is 10.4 Å². The summed E-state index contributed by atoms with van der Waals surface area (Å²) in [6.45, 7) is 5.06. The van der Waals surface area contributed by atoms with Crippen molar-refractivity contribution < 1.29 is 0 Å². The van der Waals surface area contributed by atoms with E-state index < -0.39 is 0 Å². The maximum Gasteiger partial charge on any atom is 0.0371 e. The lowest BCUT2D eigenvalue weighted by Gasteiger charge is -2.10. The van der Waals surface area contributed by atoms with Gasteiger partial charge in [-0.15, -0.1) is 0 Å². The predicted octanol–water partition coefficient (Wildman–Crippen LogP) is 1.20. The Bertz CT molecular complexity index is 250. The first-order valence-corrected chi connectivity index (χ1v) is 4.15. The van der Waals surface area contributed by atoms with Crippen LogP contribution in [0.15, 0.2) is 6.07 Å². The fourth-order valence-corrected chi connectivity index (χ4v) is 1.21. The Morgan fingerprint density at radius 3 is 2.50 bits per heavy atom. The lowest BCUT2D eigenvalue weighted by molar-refractivity contribution is 0.286. The van der Waals surface area contributed by atoms with Crippen LogP contribution in [0.1, 0.15) is 17.0 Å². The molecule has 0 atom stereocenters. The van der Waals surface area contributed by atoms with Crippen molar-refractivity contribution in [2.24, 2.45) is 0 Å². The molecule has 0 radical (unpaired) electrons. The van der Waals surface area contributed by atoms with E-state index >= 15 is 0 Å². The summed E-state index contributed by atoms with van der Waals surface area (Å²) >= 11 is 0. The minimum absolute atomic E-state index is 0.892. The molecule has 68 valence electrons. The van der Waals surface area contributed by atoms with Crippen LogP contribution in [0.25, 0.3) is 0 Å². The Balaban J connectivity index is 2.57. The molecule has 3 heteroatoms. The molecular formula is C9H17N3. The van der Waals surface area contributed by atoms with Gasteiger partial charge in [-0.05, 0) is 25.5 Å². The molecule has 0 aromatic carbocycles. The van der Waals surface area contributed by atoms with Gasteiger partial charge in [0.2, 0.25) is 0 Å². The molecule has 3 nitrogen and oxygen atoms in total.